The standard InChI is InChI=1S/C19H19FN2O2/c20-13-3-8-16(9-4-13)24-15-6-1-12(2-7-15)19(23)22-18-11-14-5-10-17(18)21-14/h1-4,6-9,14,17-18,21H,5,10-11H2,(H,22,23). The number of amides is 1. The highest BCUT2D eigenvalue weighted by atomic mass is 19.1. The molecular weight excluding hydrogens is 307 g/mol. The molecule has 0 aliphatic carbocycles. The van der Waals surface area contributed by atoms with Crippen LogP contribution in [0.25, 0.3) is 0 Å². The first kappa shape index (κ1) is 15.1. The first-order chi connectivity index (χ1) is 11.7. The van der Waals surface area contributed by atoms with Crippen LogP contribution in [0.15, 0.2) is 48.5 Å². The molecule has 2 heterocycles. The molecule has 3 atom stereocenters. The molecule has 2 saturated heterocycles. The Bertz CT molecular complexity index is 730. The van der Waals surface area contributed by atoms with Crippen LogP contribution >= 0.6 is 0 Å². The topological polar surface area (TPSA) is 50.4 Å². The van der Waals surface area contributed by atoms with Crippen LogP contribution in [-0.2, 0) is 0 Å². The average molecular weight is 326 g/mol. The van der Waals surface area contributed by atoms with Crippen molar-refractivity contribution in [1.29, 1.82) is 0 Å². The Balaban J connectivity index is 1.38. The Hall–Kier alpha value is -2.40. The van der Waals surface area contributed by atoms with Crippen molar-refractivity contribution in [3.8, 4) is 11.5 Å². The van der Waals surface area contributed by atoms with E-state index in [2.05, 4.69) is 10.6 Å². The van der Waals surface area contributed by atoms with Crippen LogP contribution < -0.4 is 15.4 Å². The third-order valence-corrected chi connectivity index (χ3v) is 4.78. The molecule has 0 radical (unpaired) electrons. The summed E-state index contributed by atoms with van der Waals surface area (Å²) in [6, 6.07) is 14.0. The minimum Gasteiger partial charge on any atom is -0.457 e. The van der Waals surface area contributed by atoms with Gasteiger partial charge in [-0.2, -0.15) is 0 Å². The van der Waals surface area contributed by atoms with Gasteiger partial charge in [-0.25, -0.2) is 4.39 Å². The molecule has 5 heteroatoms. The molecule has 2 aliphatic heterocycles. The van der Waals surface area contributed by atoms with Gasteiger partial charge in [-0.15, -0.1) is 0 Å². The van der Waals surface area contributed by atoms with Gasteiger partial charge >= 0.3 is 0 Å². The third-order valence-electron chi connectivity index (χ3n) is 4.78. The van der Waals surface area contributed by atoms with Gasteiger partial charge < -0.3 is 15.4 Å². The molecule has 2 bridgehead atoms. The second kappa shape index (κ2) is 6.24. The summed E-state index contributed by atoms with van der Waals surface area (Å²) in [6.07, 6.45) is 3.37. The minimum atomic E-state index is -0.301. The fraction of sp³-hybridized carbons (Fsp3) is 0.316. The monoisotopic (exact) mass is 326 g/mol. The number of ether oxygens (including phenoxy) is 1. The maximum atomic E-state index is 12.9. The quantitative estimate of drug-likeness (QED) is 0.907. The maximum absolute atomic E-state index is 12.9. The SMILES string of the molecule is O=C(NC1CC2CCC1N2)c1ccc(Oc2ccc(F)cc2)cc1. The van der Waals surface area contributed by atoms with E-state index in [9.17, 15) is 9.18 Å². The molecule has 2 aromatic rings. The zero-order valence-electron chi connectivity index (χ0n) is 13.2. The summed E-state index contributed by atoms with van der Waals surface area (Å²) < 4.78 is 18.5. The van der Waals surface area contributed by atoms with Crippen molar-refractivity contribution in [2.45, 2.75) is 37.4 Å². The molecule has 2 fully saturated rings. The van der Waals surface area contributed by atoms with E-state index in [1.54, 1.807) is 36.4 Å². The summed E-state index contributed by atoms with van der Waals surface area (Å²) in [5.41, 5.74) is 0.615. The van der Waals surface area contributed by atoms with E-state index in [1.807, 2.05) is 0 Å². The lowest BCUT2D eigenvalue weighted by Crippen LogP contribution is -2.42. The smallest absolute Gasteiger partial charge is 0.251 e. The highest BCUT2D eigenvalue weighted by Gasteiger charge is 2.39. The van der Waals surface area contributed by atoms with Crippen molar-refractivity contribution in [3.63, 3.8) is 0 Å². The zero-order valence-corrected chi connectivity index (χ0v) is 13.2. The van der Waals surface area contributed by atoms with E-state index in [-0.39, 0.29) is 17.8 Å². The van der Waals surface area contributed by atoms with Gasteiger partial charge in [0.15, 0.2) is 0 Å². The number of hydrogen-bond acceptors (Lipinski definition) is 3. The van der Waals surface area contributed by atoms with Crippen LogP contribution in [0.3, 0.4) is 0 Å². The Morgan fingerprint density at radius 1 is 1.04 bits per heavy atom. The second-order valence-corrected chi connectivity index (χ2v) is 6.44. The second-order valence-electron chi connectivity index (χ2n) is 6.44. The minimum absolute atomic E-state index is 0.0531. The van der Waals surface area contributed by atoms with Crippen molar-refractivity contribution < 1.29 is 13.9 Å². The summed E-state index contributed by atoms with van der Waals surface area (Å²) in [6.45, 7) is 0. The Morgan fingerprint density at radius 2 is 1.71 bits per heavy atom. The molecule has 124 valence electrons. The van der Waals surface area contributed by atoms with Crippen LogP contribution in [0.2, 0.25) is 0 Å². The molecular formula is C19H19FN2O2. The molecule has 2 N–H and O–H groups in total. The van der Waals surface area contributed by atoms with Crippen LogP contribution in [-0.4, -0.2) is 24.0 Å². The van der Waals surface area contributed by atoms with Gasteiger partial charge in [0, 0.05) is 23.7 Å². The van der Waals surface area contributed by atoms with Crippen LogP contribution in [0.5, 0.6) is 11.5 Å². The Morgan fingerprint density at radius 3 is 2.29 bits per heavy atom. The van der Waals surface area contributed by atoms with Gasteiger partial charge in [0.25, 0.3) is 5.91 Å². The summed E-state index contributed by atoms with van der Waals surface area (Å²) >= 11 is 0. The Kier molecular flexibility index (Phi) is 3.94. The fourth-order valence-corrected chi connectivity index (χ4v) is 3.55. The van der Waals surface area contributed by atoms with Gasteiger partial charge in [-0.1, -0.05) is 0 Å². The van der Waals surface area contributed by atoms with Crippen molar-refractivity contribution in [1.82, 2.24) is 10.6 Å². The average Bonchev–Trinajstić information content (AvgIpc) is 3.20. The van der Waals surface area contributed by atoms with Crippen molar-refractivity contribution in [2.24, 2.45) is 0 Å². The predicted octanol–water partition coefficient (Wildman–Crippen LogP) is 3.24. The van der Waals surface area contributed by atoms with Gasteiger partial charge in [0.2, 0.25) is 0 Å². The molecule has 0 spiro atoms. The van der Waals surface area contributed by atoms with E-state index in [0.717, 1.165) is 12.8 Å². The molecule has 3 unspecified atom stereocenters. The summed E-state index contributed by atoms with van der Waals surface area (Å²) in [4.78, 5) is 12.4. The predicted molar refractivity (Wildman–Crippen MR) is 88.7 cm³/mol. The van der Waals surface area contributed by atoms with Crippen LogP contribution in [0, 0.1) is 5.82 Å². The van der Waals surface area contributed by atoms with Crippen molar-refractivity contribution >= 4 is 5.91 Å². The largest absolute Gasteiger partial charge is 0.457 e. The molecule has 24 heavy (non-hydrogen) atoms. The first-order valence-electron chi connectivity index (χ1n) is 8.28. The van der Waals surface area contributed by atoms with Crippen molar-refractivity contribution in [3.05, 3.63) is 59.9 Å². The number of carbonyl (C=O) groups excluding carboxylic acids is 1. The number of benzene rings is 2. The lowest BCUT2D eigenvalue weighted by atomic mass is 9.95. The lowest BCUT2D eigenvalue weighted by molar-refractivity contribution is 0.0931. The molecule has 0 aromatic heterocycles. The first-order valence-corrected chi connectivity index (χ1v) is 8.28. The van der Waals surface area contributed by atoms with Gasteiger partial charge in [0.1, 0.15) is 17.3 Å². The lowest BCUT2D eigenvalue weighted by Gasteiger charge is -2.21. The number of halogens is 1. The third kappa shape index (κ3) is 3.12. The number of fused-ring (bicyclic) bond motifs is 2. The summed E-state index contributed by atoms with van der Waals surface area (Å²) in [7, 11) is 0. The highest BCUT2D eigenvalue weighted by molar-refractivity contribution is 5.94. The maximum Gasteiger partial charge on any atom is 0.251 e. The summed E-state index contributed by atoms with van der Waals surface area (Å²) in [5.74, 6) is 0.813. The number of rotatable bonds is 4. The van der Waals surface area contributed by atoms with E-state index in [1.165, 1.54) is 18.6 Å². The zero-order chi connectivity index (χ0) is 16.5. The van der Waals surface area contributed by atoms with Gasteiger partial charge in [0.05, 0.1) is 0 Å². The van der Waals surface area contributed by atoms with Gasteiger partial charge in [-0.3, -0.25) is 4.79 Å². The Labute approximate surface area is 140 Å². The fourth-order valence-electron chi connectivity index (χ4n) is 3.55. The molecule has 2 aliphatic rings. The van der Waals surface area contributed by atoms with E-state index in [0.29, 0.717) is 29.1 Å². The van der Waals surface area contributed by atoms with Crippen LogP contribution in [0.1, 0.15) is 29.6 Å². The van der Waals surface area contributed by atoms with E-state index < -0.39 is 0 Å². The molecule has 4 rings (SSSR count). The number of carbonyl (C=O) groups is 1. The van der Waals surface area contributed by atoms with E-state index >= 15 is 0 Å². The number of hydrogen-bond donors (Lipinski definition) is 2. The van der Waals surface area contributed by atoms with Crippen LogP contribution in [0.4, 0.5) is 4.39 Å². The van der Waals surface area contributed by atoms with Gasteiger partial charge in [-0.05, 0) is 67.8 Å². The highest BCUT2D eigenvalue weighted by Crippen LogP contribution is 2.28. The molecule has 0 saturated carbocycles. The molecule has 4 nitrogen and oxygen atoms in total. The van der Waals surface area contributed by atoms with E-state index in [4.69, 9.17) is 4.74 Å². The molecule has 2 aromatic carbocycles. The molecule has 1 amide bonds. The normalized spacial score (nSPS) is 24.8. The summed E-state index contributed by atoms with van der Waals surface area (Å²) in [5, 5.41) is 6.63. The van der Waals surface area contributed by atoms with Crippen molar-refractivity contribution in [2.75, 3.05) is 0 Å². The number of nitrogens with one attached hydrogen (secondary N) is 2.